The van der Waals surface area contributed by atoms with Gasteiger partial charge in [0.2, 0.25) is 5.75 Å². The van der Waals surface area contributed by atoms with Gasteiger partial charge in [0.25, 0.3) is 5.91 Å². The van der Waals surface area contributed by atoms with Crippen LogP contribution in [-0.4, -0.2) is 36.6 Å². The van der Waals surface area contributed by atoms with Crippen LogP contribution in [0.3, 0.4) is 0 Å². The fourth-order valence-corrected chi connectivity index (χ4v) is 2.44. The van der Waals surface area contributed by atoms with E-state index in [1.807, 2.05) is 6.92 Å². The van der Waals surface area contributed by atoms with Crippen molar-refractivity contribution < 1.29 is 19.2 Å². The van der Waals surface area contributed by atoms with E-state index in [2.05, 4.69) is 5.32 Å². The van der Waals surface area contributed by atoms with Gasteiger partial charge in [0, 0.05) is 18.7 Å². The number of nitrogens with zero attached hydrogens (tertiary/aromatic N) is 1. The van der Waals surface area contributed by atoms with E-state index in [0.717, 1.165) is 12.8 Å². The average molecular weight is 360 g/mol. The lowest BCUT2D eigenvalue weighted by molar-refractivity contribution is -0.385. The number of carbonyl (C=O) groups excluding carboxylic acids is 1. The molecule has 8 nitrogen and oxygen atoms in total. The number of rotatable bonds is 8. The molecule has 24 heavy (non-hydrogen) atoms. The zero-order chi connectivity index (χ0) is 17.0. The molecule has 0 aliphatic heterocycles. The van der Waals surface area contributed by atoms with Gasteiger partial charge in [-0.25, -0.2) is 0 Å². The monoisotopic (exact) mass is 359 g/mol. The first-order valence-corrected chi connectivity index (χ1v) is 7.36. The molecule has 1 aromatic carbocycles. The molecule has 1 aliphatic rings. The molecular weight excluding hydrogens is 338 g/mol. The highest BCUT2D eigenvalue weighted by atomic mass is 35.5. The summed E-state index contributed by atoms with van der Waals surface area (Å²) < 4.78 is 10.3. The minimum Gasteiger partial charge on any atom is -0.490 e. The van der Waals surface area contributed by atoms with Crippen LogP contribution >= 0.6 is 12.4 Å². The van der Waals surface area contributed by atoms with Crippen LogP contribution in [-0.2, 0) is 4.79 Å². The maximum absolute atomic E-state index is 12.0. The van der Waals surface area contributed by atoms with E-state index in [9.17, 15) is 14.9 Å². The summed E-state index contributed by atoms with van der Waals surface area (Å²) in [5.74, 6) is 0.541. The first-order valence-electron chi connectivity index (χ1n) is 7.36. The van der Waals surface area contributed by atoms with Crippen LogP contribution in [0.25, 0.3) is 0 Å². The van der Waals surface area contributed by atoms with Crippen LogP contribution in [0, 0.1) is 16.0 Å². The second-order valence-corrected chi connectivity index (χ2v) is 5.82. The minimum absolute atomic E-state index is 0. The van der Waals surface area contributed by atoms with Gasteiger partial charge in [-0.3, -0.25) is 14.9 Å². The van der Waals surface area contributed by atoms with Gasteiger partial charge in [0.05, 0.1) is 17.6 Å². The Morgan fingerprint density at radius 2 is 2.17 bits per heavy atom. The molecule has 1 aliphatic carbocycles. The first-order chi connectivity index (χ1) is 10.9. The van der Waals surface area contributed by atoms with E-state index >= 15 is 0 Å². The maximum Gasteiger partial charge on any atom is 0.311 e. The fraction of sp³-hybridized carbons (Fsp3) is 0.533. The van der Waals surface area contributed by atoms with Crippen molar-refractivity contribution in [2.75, 3.05) is 20.3 Å². The van der Waals surface area contributed by atoms with E-state index in [1.54, 1.807) is 0 Å². The summed E-state index contributed by atoms with van der Waals surface area (Å²) in [6.45, 7) is 2.11. The number of nitrogens with one attached hydrogen (secondary N) is 1. The Labute approximate surface area is 146 Å². The molecule has 134 valence electrons. The van der Waals surface area contributed by atoms with E-state index in [0.29, 0.717) is 18.2 Å². The van der Waals surface area contributed by atoms with Crippen LogP contribution < -0.4 is 20.5 Å². The van der Waals surface area contributed by atoms with E-state index in [4.69, 9.17) is 15.2 Å². The van der Waals surface area contributed by atoms with Crippen LogP contribution in [0.15, 0.2) is 18.2 Å². The lowest BCUT2D eigenvalue weighted by Gasteiger charge is -2.29. The summed E-state index contributed by atoms with van der Waals surface area (Å²) >= 11 is 0. The summed E-state index contributed by atoms with van der Waals surface area (Å²) in [5.41, 5.74) is 5.18. The van der Waals surface area contributed by atoms with Crippen molar-refractivity contribution in [1.82, 2.24) is 5.32 Å². The number of halogens is 1. The van der Waals surface area contributed by atoms with Crippen LogP contribution in [0.1, 0.15) is 19.8 Å². The molecule has 1 saturated carbocycles. The normalized spacial score (nSPS) is 15.6. The highest BCUT2D eigenvalue weighted by Gasteiger charge is 2.41. The Hall–Kier alpha value is -2.06. The smallest absolute Gasteiger partial charge is 0.311 e. The number of ether oxygens (including phenoxy) is 2. The number of hydrogen-bond acceptors (Lipinski definition) is 6. The maximum atomic E-state index is 12.0. The summed E-state index contributed by atoms with van der Waals surface area (Å²) in [4.78, 5) is 22.3. The van der Waals surface area contributed by atoms with Gasteiger partial charge in [-0.15, -0.1) is 12.4 Å². The highest BCUT2D eigenvalue weighted by molar-refractivity contribution is 5.85. The highest BCUT2D eigenvalue weighted by Crippen LogP contribution is 2.39. The number of benzene rings is 1. The van der Waals surface area contributed by atoms with Crippen molar-refractivity contribution in [2.45, 2.75) is 25.3 Å². The number of carbonyl (C=O) groups is 1. The van der Waals surface area contributed by atoms with E-state index < -0.39 is 10.5 Å². The molecule has 0 aromatic heterocycles. The van der Waals surface area contributed by atoms with Crippen molar-refractivity contribution in [2.24, 2.45) is 11.7 Å². The third-order valence-electron chi connectivity index (χ3n) is 4.05. The third-order valence-corrected chi connectivity index (χ3v) is 4.05. The van der Waals surface area contributed by atoms with Crippen molar-refractivity contribution >= 4 is 24.0 Å². The molecule has 0 radical (unpaired) electrons. The molecule has 0 heterocycles. The first kappa shape index (κ1) is 20.0. The van der Waals surface area contributed by atoms with Gasteiger partial charge in [-0.2, -0.15) is 0 Å². The number of amides is 1. The summed E-state index contributed by atoms with van der Waals surface area (Å²) in [6, 6.07) is 4.09. The quantitative estimate of drug-likeness (QED) is 0.538. The SMILES string of the molecule is COc1cc(OCC(=O)NC(C)(CN)C2CC2)ccc1[N+](=O)[O-].Cl. The summed E-state index contributed by atoms with van der Waals surface area (Å²) in [6.07, 6.45) is 2.13. The standard InChI is InChI=1S/C15H21N3O5.ClH/c1-15(9-16,10-3-4-10)17-14(19)8-23-11-5-6-12(18(20)21)13(7-11)22-2;/h5-7,10H,3-4,8-9,16H2,1-2H3,(H,17,19);1H. The summed E-state index contributed by atoms with van der Waals surface area (Å²) in [5, 5.41) is 13.7. The Morgan fingerprint density at radius 1 is 1.50 bits per heavy atom. The Kier molecular flexibility index (Phi) is 6.80. The molecule has 2 rings (SSSR count). The molecule has 0 bridgehead atoms. The van der Waals surface area contributed by atoms with E-state index in [1.165, 1.54) is 25.3 Å². The fourth-order valence-electron chi connectivity index (χ4n) is 2.44. The number of nitrogens with two attached hydrogens (primary N) is 1. The molecule has 1 unspecified atom stereocenters. The molecule has 0 spiro atoms. The zero-order valence-corrected chi connectivity index (χ0v) is 14.4. The van der Waals surface area contributed by atoms with Gasteiger partial charge >= 0.3 is 5.69 Å². The van der Waals surface area contributed by atoms with Crippen LogP contribution in [0.5, 0.6) is 11.5 Å². The Balaban J connectivity index is 0.00000288. The van der Waals surface area contributed by atoms with E-state index in [-0.39, 0.29) is 36.4 Å². The molecule has 1 atom stereocenters. The molecule has 0 saturated heterocycles. The second-order valence-electron chi connectivity index (χ2n) is 5.82. The molecule has 1 amide bonds. The predicted octanol–water partition coefficient (Wildman–Crippen LogP) is 1.65. The molecule has 1 aromatic rings. The number of methoxy groups -OCH3 is 1. The predicted molar refractivity (Wildman–Crippen MR) is 90.7 cm³/mol. The second kappa shape index (κ2) is 8.16. The third kappa shape index (κ3) is 4.72. The summed E-state index contributed by atoms with van der Waals surface area (Å²) in [7, 11) is 1.33. The van der Waals surface area contributed by atoms with Crippen molar-refractivity contribution in [3.05, 3.63) is 28.3 Å². The van der Waals surface area contributed by atoms with Gasteiger partial charge in [-0.1, -0.05) is 0 Å². The van der Waals surface area contributed by atoms with Crippen molar-refractivity contribution in [3.63, 3.8) is 0 Å². The van der Waals surface area contributed by atoms with Crippen LogP contribution in [0.4, 0.5) is 5.69 Å². The van der Waals surface area contributed by atoms with Gasteiger partial charge in [0.1, 0.15) is 5.75 Å². The minimum atomic E-state index is -0.544. The molecule has 3 N–H and O–H groups in total. The van der Waals surface area contributed by atoms with Gasteiger partial charge in [-0.05, 0) is 31.7 Å². The molecule has 9 heteroatoms. The topological polar surface area (TPSA) is 117 Å². The largest absolute Gasteiger partial charge is 0.490 e. The lowest BCUT2D eigenvalue weighted by atomic mass is 9.96. The number of hydrogen-bond donors (Lipinski definition) is 2. The van der Waals surface area contributed by atoms with Crippen molar-refractivity contribution in [1.29, 1.82) is 0 Å². The number of nitro groups is 1. The van der Waals surface area contributed by atoms with Crippen molar-refractivity contribution in [3.8, 4) is 11.5 Å². The van der Waals surface area contributed by atoms with Gasteiger partial charge < -0.3 is 20.5 Å². The zero-order valence-electron chi connectivity index (χ0n) is 13.6. The molecular formula is C15H22ClN3O5. The number of nitro benzene ring substituents is 1. The average Bonchev–Trinajstić information content (AvgIpc) is 3.37. The molecule has 1 fully saturated rings. The van der Waals surface area contributed by atoms with Gasteiger partial charge in [0.15, 0.2) is 6.61 Å². The van der Waals surface area contributed by atoms with Crippen LogP contribution in [0.2, 0.25) is 0 Å². The Morgan fingerprint density at radius 3 is 2.67 bits per heavy atom. The Bertz CT molecular complexity index is 609. The lowest BCUT2D eigenvalue weighted by Crippen LogP contribution is -2.54.